The van der Waals surface area contributed by atoms with Crippen molar-refractivity contribution in [2.75, 3.05) is 26.4 Å². The van der Waals surface area contributed by atoms with Gasteiger partial charge in [0.2, 0.25) is 0 Å². The van der Waals surface area contributed by atoms with E-state index in [9.17, 15) is 55.9 Å². The molecule has 1 spiro atoms. The summed E-state index contributed by atoms with van der Waals surface area (Å²) in [6.07, 6.45) is -15.4. The van der Waals surface area contributed by atoms with Crippen LogP contribution in [0.15, 0.2) is 11.1 Å². The number of aliphatic hydroxyl groups is 10. The molecule has 0 aromatic rings. The lowest BCUT2D eigenvalue weighted by molar-refractivity contribution is -0.365. The second-order valence-corrected chi connectivity index (χ2v) is 21.3. The molecule has 4 aliphatic heterocycles. The Bertz CT molecular complexity index is 1730. The van der Waals surface area contributed by atoms with Crippen LogP contribution >= 0.6 is 0 Å². The Morgan fingerprint density at radius 2 is 1.39 bits per heavy atom. The quantitative estimate of drug-likeness (QED) is 0.119. The fourth-order valence-corrected chi connectivity index (χ4v) is 14.2. The van der Waals surface area contributed by atoms with Gasteiger partial charge in [-0.3, -0.25) is 4.79 Å². The van der Waals surface area contributed by atoms with Crippen LogP contribution < -0.4 is 0 Å². The molecule has 10 N–H and O–H groups in total. The van der Waals surface area contributed by atoms with E-state index in [0.717, 1.165) is 51.4 Å². The number of aliphatic hydroxyl groups excluding tert-OH is 10. The number of hydrogen-bond donors (Lipinski definition) is 10. The van der Waals surface area contributed by atoms with Crippen molar-refractivity contribution in [3.8, 4) is 0 Å². The highest BCUT2D eigenvalue weighted by Crippen LogP contribution is 2.75. The van der Waals surface area contributed by atoms with Gasteiger partial charge in [-0.25, -0.2) is 0 Å². The van der Waals surface area contributed by atoms with E-state index in [1.807, 2.05) is 13.8 Å². The molecule has 8 aliphatic rings. The van der Waals surface area contributed by atoms with E-state index in [2.05, 4.69) is 27.7 Å². The van der Waals surface area contributed by atoms with Crippen molar-refractivity contribution in [2.45, 2.75) is 210 Å². The van der Waals surface area contributed by atoms with E-state index in [-0.39, 0.29) is 52.2 Å². The molecule has 366 valence electrons. The number of rotatable bonds is 11. The fraction of sp³-hybridized carbons (Fsp3) is 0.935. The normalized spacial score (nSPS) is 54.1. The first-order valence-electron chi connectivity index (χ1n) is 23.6. The van der Waals surface area contributed by atoms with E-state index in [1.165, 1.54) is 11.1 Å². The molecule has 0 unspecified atom stereocenters. The monoisotopic (exact) mass is 914 g/mol. The number of ketones is 1. The highest BCUT2D eigenvalue weighted by Gasteiger charge is 2.72. The average molecular weight is 915 g/mol. The van der Waals surface area contributed by atoms with Crippen molar-refractivity contribution >= 4 is 5.78 Å². The minimum Gasteiger partial charge on any atom is -0.396 e. The minimum absolute atomic E-state index is 0.000245. The molecule has 4 saturated heterocycles. The van der Waals surface area contributed by atoms with Crippen LogP contribution in [-0.4, -0.2) is 187 Å². The maximum atomic E-state index is 12.9. The Kier molecular flexibility index (Phi) is 13.8. The van der Waals surface area contributed by atoms with E-state index >= 15 is 0 Å². The van der Waals surface area contributed by atoms with Crippen molar-refractivity contribution in [1.82, 2.24) is 0 Å². The maximum Gasteiger partial charge on any atom is 0.187 e. The molecular formula is C46H74O18. The zero-order valence-electron chi connectivity index (χ0n) is 38.0. The van der Waals surface area contributed by atoms with E-state index in [0.29, 0.717) is 12.8 Å². The van der Waals surface area contributed by atoms with E-state index in [4.69, 9.17) is 33.2 Å². The van der Waals surface area contributed by atoms with Crippen LogP contribution in [0.4, 0.5) is 0 Å². The average Bonchev–Trinajstić information content (AvgIpc) is 3.75. The summed E-state index contributed by atoms with van der Waals surface area (Å²) >= 11 is 0. The molecule has 4 heterocycles. The number of carbonyl (C=O) groups excluding carboxylic acids is 1. The zero-order chi connectivity index (χ0) is 46.5. The largest absolute Gasteiger partial charge is 0.396 e. The molecule has 6 fully saturated rings. The predicted molar refractivity (Wildman–Crippen MR) is 222 cm³/mol. The van der Waals surface area contributed by atoms with Crippen molar-refractivity contribution in [2.24, 2.45) is 33.5 Å². The second-order valence-electron chi connectivity index (χ2n) is 21.3. The van der Waals surface area contributed by atoms with Gasteiger partial charge in [0, 0.05) is 17.3 Å². The summed E-state index contributed by atoms with van der Waals surface area (Å²) < 4.78 is 42.3. The van der Waals surface area contributed by atoms with Gasteiger partial charge in [0.1, 0.15) is 73.2 Å². The molecule has 18 nitrogen and oxygen atoms in total. The molecule has 4 aliphatic carbocycles. The predicted octanol–water partition coefficient (Wildman–Crippen LogP) is -0.293. The molecule has 0 aromatic heterocycles. The molecule has 0 amide bonds. The third kappa shape index (κ3) is 7.43. The summed E-state index contributed by atoms with van der Waals surface area (Å²) in [6.45, 7) is 11.5. The first-order chi connectivity index (χ1) is 30.2. The maximum absolute atomic E-state index is 12.9. The SMILES string of the molecule is CCC(=O)[C@@H]1C[C@@H](C)[C@]2(CC[C@@]3(C)C4=C(CC[C@@]32C)[C@@]2(C)CC[C@H](O[C@@H]3O[C@H](CO[C@@H]5OC[C@H](O)[C@H](O)[C@H]5O[C@@H]5O[C@H](CO)[C@@H](O)[C@H](O)[C@H]5O)[C@@H](O)[C@H](O)[C@H]3O)[C@](C)(CO)[C@@H]2CC4)O1. The highest BCUT2D eigenvalue weighted by atomic mass is 16.8. The number of fused-ring (bicyclic) bond motifs is 5. The lowest BCUT2D eigenvalue weighted by atomic mass is 9.42. The number of ether oxygens (including phenoxy) is 7. The summed E-state index contributed by atoms with van der Waals surface area (Å²) in [5.74, 6) is 0.446. The minimum atomic E-state index is -1.83. The summed E-state index contributed by atoms with van der Waals surface area (Å²) in [4.78, 5) is 12.9. The Balaban J connectivity index is 0.966. The first-order valence-corrected chi connectivity index (χ1v) is 23.6. The lowest BCUT2D eigenvalue weighted by Gasteiger charge is -2.63. The third-order valence-corrected chi connectivity index (χ3v) is 18.4. The Morgan fingerprint density at radius 3 is 2.05 bits per heavy atom. The van der Waals surface area contributed by atoms with Gasteiger partial charge < -0.3 is 84.2 Å². The van der Waals surface area contributed by atoms with Crippen molar-refractivity contribution in [3.63, 3.8) is 0 Å². The molecule has 2 saturated carbocycles. The zero-order valence-corrected chi connectivity index (χ0v) is 38.0. The van der Waals surface area contributed by atoms with Crippen molar-refractivity contribution in [1.29, 1.82) is 0 Å². The Morgan fingerprint density at radius 1 is 0.734 bits per heavy atom. The van der Waals surface area contributed by atoms with Gasteiger partial charge in [-0.15, -0.1) is 0 Å². The van der Waals surface area contributed by atoms with E-state index in [1.54, 1.807) is 0 Å². The second kappa shape index (κ2) is 17.9. The fourth-order valence-electron chi connectivity index (χ4n) is 14.2. The molecule has 0 radical (unpaired) electrons. The molecular weight excluding hydrogens is 840 g/mol. The summed E-state index contributed by atoms with van der Waals surface area (Å²) in [6, 6.07) is 0. The smallest absolute Gasteiger partial charge is 0.187 e. The van der Waals surface area contributed by atoms with Gasteiger partial charge >= 0.3 is 0 Å². The molecule has 0 bridgehead atoms. The van der Waals surface area contributed by atoms with Gasteiger partial charge in [-0.05, 0) is 80.5 Å². The number of carbonyl (C=O) groups is 1. The van der Waals surface area contributed by atoms with Gasteiger partial charge in [0.25, 0.3) is 0 Å². The topological polar surface area (TPSA) is 284 Å². The number of allylic oxidation sites excluding steroid dienone is 2. The summed E-state index contributed by atoms with van der Waals surface area (Å²) in [7, 11) is 0. The number of Topliss-reactive ketones (excluding diaryl/α,β-unsaturated/α-hetero) is 1. The van der Waals surface area contributed by atoms with Gasteiger partial charge in [0.05, 0.1) is 38.1 Å². The van der Waals surface area contributed by atoms with Crippen LogP contribution in [0.5, 0.6) is 0 Å². The molecule has 64 heavy (non-hydrogen) atoms. The molecule has 8 rings (SSSR count). The molecule has 23 atom stereocenters. The van der Waals surface area contributed by atoms with Crippen LogP contribution in [0.2, 0.25) is 0 Å². The van der Waals surface area contributed by atoms with Gasteiger partial charge in [-0.1, -0.05) is 52.7 Å². The Labute approximate surface area is 374 Å². The summed E-state index contributed by atoms with van der Waals surface area (Å²) in [5, 5.41) is 107. The highest BCUT2D eigenvalue weighted by molar-refractivity contribution is 5.83. The van der Waals surface area contributed by atoms with Crippen molar-refractivity contribution in [3.05, 3.63) is 11.1 Å². The molecule has 0 aromatic carbocycles. The van der Waals surface area contributed by atoms with Gasteiger partial charge in [0.15, 0.2) is 24.7 Å². The van der Waals surface area contributed by atoms with Crippen LogP contribution in [0.1, 0.15) is 106 Å². The lowest BCUT2D eigenvalue weighted by Crippen LogP contribution is -2.64. The standard InChI is InChI=1S/C46H74O18/c1-7-24(49)26-16-21(2)46(64-26)15-14-44(5)23-8-9-29-42(3,22(23)10-13-45(44,46)6)12-11-30(43(29,4)20-48)62-39-36(56)35(55)33(53)28(61-39)19-59-41-38(31(51)25(50)18-58-41)63-40-37(57)34(54)32(52)27(17-47)60-40/h21,25-41,47-48,50-57H,7-20H2,1-6H3/t21-,25+,26+,27-,28-,29-,30+,31+,32-,33-,34+,35+,36-,37-,38-,39+,40+,41+,42-,43-,44+,45+,46+/m1/s1. The van der Waals surface area contributed by atoms with E-state index < -0.39 is 117 Å². The van der Waals surface area contributed by atoms with Crippen LogP contribution in [0.25, 0.3) is 0 Å². The van der Waals surface area contributed by atoms with Crippen LogP contribution in [0, 0.1) is 33.5 Å². The molecule has 18 heteroatoms. The van der Waals surface area contributed by atoms with Crippen molar-refractivity contribution < 1.29 is 89.0 Å². The number of hydrogen-bond acceptors (Lipinski definition) is 18. The van der Waals surface area contributed by atoms with Crippen LogP contribution in [-0.2, 0) is 38.0 Å². The van der Waals surface area contributed by atoms with Gasteiger partial charge in [-0.2, -0.15) is 0 Å². The Hall–Kier alpha value is -1.27. The first kappa shape index (κ1) is 49.2. The summed E-state index contributed by atoms with van der Waals surface area (Å²) in [5.41, 5.74) is 1.30. The third-order valence-electron chi connectivity index (χ3n) is 18.4. The van der Waals surface area contributed by atoms with Crippen LogP contribution in [0.3, 0.4) is 0 Å².